The van der Waals surface area contributed by atoms with Gasteiger partial charge in [0.15, 0.2) is 11.5 Å². The molecule has 3 aromatic heterocycles. The minimum atomic E-state index is -0.341. The molecule has 2 fully saturated rings. The number of nitrogens with one attached hydrogen (secondary N) is 2. The number of nitrogens with two attached hydrogens (primary N) is 1. The molecule has 4 aromatic rings. The Bertz CT molecular complexity index is 1560. The summed E-state index contributed by atoms with van der Waals surface area (Å²) in [5.41, 5.74) is 10.3. The monoisotopic (exact) mass is 546 g/mol. The summed E-state index contributed by atoms with van der Waals surface area (Å²) in [6.07, 6.45) is 7.37. The number of rotatable bonds is 8. The Morgan fingerprint density at radius 2 is 1.98 bits per heavy atom. The third-order valence-corrected chi connectivity index (χ3v) is 8.85. The van der Waals surface area contributed by atoms with E-state index in [9.17, 15) is 4.79 Å². The van der Waals surface area contributed by atoms with Crippen LogP contribution in [-0.2, 0) is 16.6 Å². The van der Waals surface area contributed by atoms with Crippen LogP contribution in [0.5, 0.6) is 0 Å². The number of anilines is 1. The first kappa shape index (κ1) is 27.0. The highest BCUT2D eigenvalue weighted by Crippen LogP contribution is 2.38. The molecule has 1 aromatic carbocycles. The Morgan fingerprint density at radius 3 is 2.73 bits per heavy atom. The van der Waals surface area contributed by atoms with Gasteiger partial charge in [0.05, 0.1) is 17.1 Å². The second-order valence-electron chi connectivity index (χ2n) is 13.0. The van der Waals surface area contributed by atoms with E-state index in [2.05, 4.69) is 77.7 Å². The lowest BCUT2D eigenvalue weighted by molar-refractivity contribution is -0.0402. The molecule has 2 atom stereocenters. The number of fused-ring (bicyclic) bond motifs is 2. The number of nitrogen functional groups attached to an aromatic ring is 1. The first-order valence-corrected chi connectivity index (χ1v) is 14.7. The number of hydrogen-bond acceptors (Lipinski definition) is 7. The van der Waals surface area contributed by atoms with Gasteiger partial charge >= 0.3 is 5.69 Å². The van der Waals surface area contributed by atoms with Gasteiger partial charge in [-0.1, -0.05) is 26.8 Å². The molecule has 2 unspecified atom stereocenters. The molecule has 4 heterocycles. The van der Waals surface area contributed by atoms with Crippen molar-refractivity contribution in [2.75, 3.05) is 12.3 Å². The van der Waals surface area contributed by atoms with Crippen molar-refractivity contribution >= 4 is 28.0 Å². The minimum absolute atomic E-state index is 0.0797. The molecule has 6 rings (SSSR count). The molecule has 1 aliphatic heterocycles. The minimum Gasteiger partial charge on any atom is -0.382 e. The molecular formula is C30H42N8O2. The van der Waals surface area contributed by atoms with E-state index in [1.165, 1.54) is 24.7 Å². The topological polar surface area (TPSA) is 131 Å². The molecule has 1 saturated carbocycles. The van der Waals surface area contributed by atoms with E-state index in [0.717, 1.165) is 55.0 Å². The van der Waals surface area contributed by atoms with Crippen molar-refractivity contribution in [2.45, 2.75) is 103 Å². The van der Waals surface area contributed by atoms with Gasteiger partial charge in [0, 0.05) is 25.0 Å². The molecule has 0 amide bonds. The van der Waals surface area contributed by atoms with Crippen LogP contribution in [0.4, 0.5) is 5.82 Å². The maximum absolute atomic E-state index is 12.7. The van der Waals surface area contributed by atoms with Crippen LogP contribution in [0.25, 0.3) is 22.2 Å². The Hall–Kier alpha value is -3.24. The van der Waals surface area contributed by atoms with Gasteiger partial charge in [-0.3, -0.25) is 4.90 Å². The van der Waals surface area contributed by atoms with Gasteiger partial charge in [0.25, 0.3) is 0 Å². The lowest BCUT2D eigenvalue weighted by Gasteiger charge is -2.46. The SMILES string of the molecule is CC(C)N(CC1CCC(n2c(=O)[nH]c3c(N)ncnc32)O1)C1CC(CCc2nc3ccc(C(C)(C)C)cc3[nH]2)C1. The highest BCUT2D eigenvalue weighted by molar-refractivity contribution is 5.81. The molecule has 1 aliphatic carbocycles. The van der Waals surface area contributed by atoms with E-state index in [0.29, 0.717) is 23.2 Å². The standard InChI is InChI=1S/C30H42N8O2/c1-17(2)37(15-21-8-11-25(40-21)38-28-26(36-29(38)39)27(31)32-16-33-28)20-12-18(13-20)6-10-24-34-22-9-7-19(30(3,4)5)14-23(22)35-24/h7,9,14,16-18,20-21,25H,6,8,10-13,15H2,1-5H3,(H,34,35)(H,36,39)(H2,31,32,33). The average Bonchev–Trinajstić information content (AvgIpc) is 3.57. The molecule has 10 heteroatoms. The molecule has 0 radical (unpaired) electrons. The van der Waals surface area contributed by atoms with Gasteiger partial charge in [-0.2, -0.15) is 0 Å². The van der Waals surface area contributed by atoms with Crippen molar-refractivity contribution in [3.63, 3.8) is 0 Å². The van der Waals surface area contributed by atoms with Crippen LogP contribution >= 0.6 is 0 Å². The molecular weight excluding hydrogens is 504 g/mol. The maximum Gasteiger partial charge on any atom is 0.329 e. The average molecular weight is 547 g/mol. The largest absolute Gasteiger partial charge is 0.382 e. The molecule has 214 valence electrons. The first-order chi connectivity index (χ1) is 19.1. The second-order valence-corrected chi connectivity index (χ2v) is 13.0. The summed E-state index contributed by atoms with van der Waals surface area (Å²) in [5.74, 6) is 2.09. The van der Waals surface area contributed by atoms with Crippen LogP contribution in [0.2, 0.25) is 0 Å². The Labute approximate surface area is 234 Å². The van der Waals surface area contributed by atoms with Gasteiger partial charge in [0.1, 0.15) is 23.9 Å². The van der Waals surface area contributed by atoms with Crippen molar-refractivity contribution in [3.05, 3.63) is 46.4 Å². The second kappa shape index (κ2) is 10.3. The van der Waals surface area contributed by atoms with Gasteiger partial charge in [0.2, 0.25) is 0 Å². The molecule has 2 aliphatic rings. The summed E-state index contributed by atoms with van der Waals surface area (Å²) in [6.45, 7) is 12.1. The summed E-state index contributed by atoms with van der Waals surface area (Å²) in [6, 6.07) is 7.59. The van der Waals surface area contributed by atoms with Crippen LogP contribution in [-0.4, -0.2) is 59.1 Å². The van der Waals surface area contributed by atoms with Gasteiger partial charge < -0.3 is 20.4 Å². The van der Waals surface area contributed by atoms with E-state index in [1.54, 1.807) is 4.57 Å². The number of benzene rings is 1. The molecule has 10 nitrogen and oxygen atoms in total. The lowest BCUT2D eigenvalue weighted by Crippen LogP contribution is -2.50. The highest BCUT2D eigenvalue weighted by atomic mass is 16.5. The van der Waals surface area contributed by atoms with Crippen molar-refractivity contribution in [2.24, 2.45) is 5.92 Å². The highest BCUT2D eigenvalue weighted by Gasteiger charge is 2.38. The maximum atomic E-state index is 12.7. The van der Waals surface area contributed by atoms with E-state index >= 15 is 0 Å². The molecule has 0 bridgehead atoms. The zero-order valence-corrected chi connectivity index (χ0v) is 24.3. The molecule has 40 heavy (non-hydrogen) atoms. The molecule has 4 N–H and O–H groups in total. The predicted octanol–water partition coefficient (Wildman–Crippen LogP) is 4.68. The fourth-order valence-electron chi connectivity index (χ4n) is 6.45. The van der Waals surface area contributed by atoms with Crippen molar-refractivity contribution in [3.8, 4) is 0 Å². The van der Waals surface area contributed by atoms with Crippen LogP contribution in [0.3, 0.4) is 0 Å². The van der Waals surface area contributed by atoms with Crippen LogP contribution in [0, 0.1) is 5.92 Å². The fraction of sp³-hybridized carbons (Fsp3) is 0.600. The van der Waals surface area contributed by atoms with Gasteiger partial charge in [-0.15, -0.1) is 0 Å². The number of aryl methyl sites for hydroxylation is 1. The summed E-state index contributed by atoms with van der Waals surface area (Å²) in [4.78, 5) is 34.7. The summed E-state index contributed by atoms with van der Waals surface area (Å²) < 4.78 is 8.00. The zero-order valence-electron chi connectivity index (χ0n) is 24.3. The number of imidazole rings is 2. The normalized spacial score (nSPS) is 23.6. The predicted molar refractivity (Wildman–Crippen MR) is 157 cm³/mol. The van der Waals surface area contributed by atoms with Crippen molar-refractivity contribution in [1.82, 2.24) is 34.4 Å². The molecule has 1 saturated heterocycles. The molecule has 0 spiro atoms. The van der Waals surface area contributed by atoms with Crippen LogP contribution < -0.4 is 11.4 Å². The van der Waals surface area contributed by atoms with Crippen molar-refractivity contribution in [1.29, 1.82) is 0 Å². The number of hydrogen-bond donors (Lipinski definition) is 3. The number of aromatic amines is 2. The smallest absolute Gasteiger partial charge is 0.329 e. The van der Waals surface area contributed by atoms with E-state index in [-0.39, 0.29) is 29.3 Å². The van der Waals surface area contributed by atoms with Crippen LogP contribution in [0.1, 0.15) is 84.3 Å². The summed E-state index contributed by atoms with van der Waals surface area (Å²) in [5, 5.41) is 0. The quantitative estimate of drug-likeness (QED) is 0.293. The van der Waals surface area contributed by atoms with Gasteiger partial charge in [-0.05, 0) is 75.0 Å². The zero-order chi connectivity index (χ0) is 28.2. The number of nitrogens with zero attached hydrogens (tertiary/aromatic N) is 5. The Kier molecular flexibility index (Phi) is 6.94. The fourth-order valence-corrected chi connectivity index (χ4v) is 6.45. The van der Waals surface area contributed by atoms with E-state index in [4.69, 9.17) is 15.5 Å². The van der Waals surface area contributed by atoms with Gasteiger partial charge in [-0.25, -0.2) is 24.3 Å². The summed E-state index contributed by atoms with van der Waals surface area (Å²) >= 11 is 0. The first-order valence-electron chi connectivity index (χ1n) is 14.7. The number of ether oxygens (including phenoxy) is 1. The van der Waals surface area contributed by atoms with E-state index < -0.39 is 0 Å². The van der Waals surface area contributed by atoms with Crippen molar-refractivity contribution < 1.29 is 4.74 Å². The number of aromatic nitrogens is 6. The summed E-state index contributed by atoms with van der Waals surface area (Å²) in [7, 11) is 0. The Balaban J connectivity index is 1.03. The van der Waals surface area contributed by atoms with Crippen LogP contribution in [0.15, 0.2) is 29.3 Å². The Morgan fingerprint density at radius 1 is 1.18 bits per heavy atom. The van der Waals surface area contributed by atoms with E-state index in [1.807, 2.05) is 0 Å². The number of H-pyrrole nitrogens is 2. The lowest BCUT2D eigenvalue weighted by atomic mass is 9.76. The third-order valence-electron chi connectivity index (χ3n) is 8.85. The third kappa shape index (κ3) is 5.14.